The van der Waals surface area contributed by atoms with Crippen LogP contribution in [-0.2, 0) is 28.3 Å². The summed E-state index contributed by atoms with van der Waals surface area (Å²) in [6.45, 7) is 8.91. The number of rotatable bonds is 12. The molecule has 0 aliphatic carbocycles. The van der Waals surface area contributed by atoms with E-state index in [1.807, 2.05) is 44.2 Å². The van der Waals surface area contributed by atoms with Gasteiger partial charge in [-0.3, -0.25) is 9.59 Å². The van der Waals surface area contributed by atoms with Gasteiger partial charge < -0.3 is 10.2 Å². The molecule has 1 atom stereocenters. The monoisotopic (exact) mass is 570 g/mol. The van der Waals surface area contributed by atoms with Gasteiger partial charge in [-0.05, 0) is 43.0 Å². The average Bonchev–Trinajstić information content (AvgIpc) is 2.86. The molecule has 202 valence electrons. The van der Waals surface area contributed by atoms with E-state index < -0.39 is 6.04 Å². The number of hydrogen-bond donors (Lipinski definition) is 1. The predicted molar refractivity (Wildman–Crippen MR) is 161 cm³/mol. The van der Waals surface area contributed by atoms with Crippen LogP contribution < -0.4 is 5.32 Å². The number of carbonyl (C=O) groups is 2. The first kappa shape index (κ1) is 30.1. The van der Waals surface area contributed by atoms with Crippen molar-refractivity contribution in [2.45, 2.75) is 52.5 Å². The summed E-state index contributed by atoms with van der Waals surface area (Å²) in [5, 5.41) is 3.98. The third-order valence-electron chi connectivity index (χ3n) is 6.12. The number of thioether (sulfide) groups is 1. The zero-order valence-electron chi connectivity index (χ0n) is 22.5. The van der Waals surface area contributed by atoms with Gasteiger partial charge in [0.2, 0.25) is 11.8 Å². The smallest absolute Gasteiger partial charge is 0.243 e. The van der Waals surface area contributed by atoms with Crippen LogP contribution in [0.5, 0.6) is 0 Å². The van der Waals surface area contributed by atoms with Crippen LogP contribution in [0.2, 0.25) is 10.0 Å². The van der Waals surface area contributed by atoms with E-state index >= 15 is 0 Å². The molecule has 0 unspecified atom stereocenters. The largest absolute Gasteiger partial charge is 0.354 e. The van der Waals surface area contributed by atoms with Gasteiger partial charge in [0, 0.05) is 40.9 Å². The first-order chi connectivity index (χ1) is 18.1. The number of carbonyl (C=O) groups excluding carboxylic acids is 2. The van der Waals surface area contributed by atoms with Crippen LogP contribution in [0.15, 0.2) is 66.7 Å². The molecule has 1 N–H and O–H groups in total. The van der Waals surface area contributed by atoms with Gasteiger partial charge in [-0.25, -0.2) is 0 Å². The van der Waals surface area contributed by atoms with E-state index in [4.69, 9.17) is 23.2 Å². The molecule has 3 rings (SSSR count). The zero-order chi connectivity index (χ0) is 27.7. The molecule has 0 bridgehead atoms. The minimum atomic E-state index is -0.710. The number of halogens is 2. The van der Waals surface area contributed by atoms with Crippen molar-refractivity contribution < 1.29 is 9.59 Å². The Balaban J connectivity index is 1.89. The number of nitrogens with zero attached hydrogens (tertiary/aromatic N) is 1. The lowest BCUT2D eigenvalue weighted by Gasteiger charge is -2.32. The van der Waals surface area contributed by atoms with Crippen molar-refractivity contribution in [1.29, 1.82) is 0 Å². The first-order valence-electron chi connectivity index (χ1n) is 12.8. The van der Waals surface area contributed by atoms with Crippen molar-refractivity contribution in [3.05, 3.63) is 105 Å². The number of nitrogens with one attached hydrogen (secondary N) is 1. The van der Waals surface area contributed by atoms with Crippen LogP contribution in [0.4, 0.5) is 0 Å². The fraction of sp³-hybridized carbons (Fsp3) is 0.355. The summed E-state index contributed by atoms with van der Waals surface area (Å²) in [5.74, 6) is 0.913. The van der Waals surface area contributed by atoms with E-state index in [0.717, 1.165) is 5.56 Å². The van der Waals surface area contributed by atoms with Gasteiger partial charge in [0.25, 0.3) is 0 Å². The molecule has 0 aromatic heterocycles. The molecule has 4 nitrogen and oxygen atoms in total. The number of hydrogen-bond acceptors (Lipinski definition) is 3. The Kier molecular flexibility index (Phi) is 11.6. The minimum Gasteiger partial charge on any atom is -0.354 e. The second kappa shape index (κ2) is 14.6. The van der Waals surface area contributed by atoms with E-state index in [1.165, 1.54) is 16.7 Å². The molecule has 0 radical (unpaired) electrons. The number of aryl methyl sites for hydroxylation is 2. The topological polar surface area (TPSA) is 49.4 Å². The zero-order valence-corrected chi connectivity index (χ0v) is 24.8. The molecule has 2 amide bonds. The molecule has 0 saturated heterocycles. The van der Waals surface area contributed by atoms with E-state index in [9.17, 15) is 9.59 Å². The maximum Gasteiger partial charge on any atom is 0.243 e. The van der Waals surface area contributed by atoms with Crippen molar-refractivity contribution in [3.8, 4) is 0 Å². The molecule has 0 aliphatic heterocycles. The van der Waals surface area contributed by atoms with Crippen molar-refractivity contribution in [2.24, 2.45) is 5.92 Å². The Labute approximate surface area is 241 Å². The van der Waals surface area contributed by atoms with Gasteiger partial charge in [0.05, 0.1) is 5.75 Å². The lowest BCUT2D eigenvalue weighted by Crippen LogP contribution is -2.51. The van der Waals surface area contributed by atoms with Gasteiger partial charge in [-0.15, -0.1) is 11.8 Å². The normalized spacial score (nSPS) is 11.9. The SMILES string of the molecule is Cc1cc(C)cc(CSCC(=O)N(Cc2c(Cl)cccc2Cl)[C@@H](Cc2ccccc2)C(=O)NCC(C)C)c1. The lowest BCUT2D eigenvalue weighted by molar-refractivity contribution is -0.139. The Bertz CT molecular complexity index is 1190. The highest BCUT2D eigenvalue weighted by Gasteiger charge is 2.31. The fourth-order valence-electron chi connectivity index (χ4n) is 4.32. The highest BCUT2D eigenvalue weighted by Crippen LogP contribution is 2.28. The van der Waals surface area contributed by atoms with Crippen LogP contribution in [0.25, 0.3) is 0 Å². The van der Waals surface area contributed by atoms with Gasteiger partial charge in [-0.1, -0.05) is 103 Å². The first-order valence-corrected chi connectivity index (χ1v) is 14.7. The quantitative estimate of drug-likeness (QED) is 0.249. The third-order valence-corrected chi connectivity index (χ3v) is 7.82. The average molecular weight is 572 g/mol. The Morgan fingerprint density at radius 3 is 2.13 bits per heavy atom. The molecule has 0 saturated carbocycles. The van der Waals surface area contributed by atoms with Crippen molar-refractivity contribution in [3.63, 3.8) is 0 Å². The summed E-state index contributed by atoms with van der Waals surface area (Å²) in [7, 11) is 0. The predicted octanol–water partition coefficient (Wildman–Crippen LogP) is 7.26. The van der Waals surface area contributed by atoms with E-state index in [0.29, 0.717) is 34.3 Å². The van der Waals surface area contributed by atoms with Crippen LogP contribution >= 0.6 is 35.0 Å². The van der Waals surface area contributed by atoms with E-state index in [-0.39, 0.29) is 30.0 Å². The van der Waals surface area contributed by atoms with E-state index in [2.05, 4.69) is 37.4 Å². The highest BCUT2D eigenvalue weighted by molar-refractivity contribution is 7.99. The minimum absolute atomic E-state index is 0.129. The number of benzene rings is 3. The summed E-state index contributed by atoms with van der Waals surface area (Å²) in [6.07, 6.45) is 0.389. The van der Waals surface area contributed by atoms with Gasteiger partial charge in [0.1, 0.15) is 6.04 Å². The molecular formula is C31H36Cl2N2O2S. The summed E-state index contributed by atoms with van der Waals surface area (Å²) < 4.78 is 0. The molecule has 0 fully saturated rings. The molecule has 0 heterocycles. The fourth-order valence-corrected chi connectivity index (χ4v) is 5.68. The molecule has 0 aliphatic rings. The third kappa shape index (κ3) is 9.07. The molecule has 7 heteroatoms. The second-order valence-electron chi connectivity index (χ2n) is 10.1. The van der Waals surface area contributed by atoms with Crippen LogP contribution in [0, 0.1) is 19.8 Å². The van der Waals surface area contributed by atoms with Crippen LogP contribution in [-0.4, -0.2) is 35.1 Å². The maximum atomic E-state index is 13.8. The number of amides is 2. The highest BCUT2D eigenvalue weighted by atomic mass is 35.5. The molecule has 0 spiro atoms. The Morgan fingerprint density at radius 1 is 0.895 bits per heavy atom. The second-order valence-corrected chi connectivity index (χ2v) is 11.9. The van der Waals surface area contributed by atoms with Gasteiger partial charge in [0.15, 0.2) is 0 Å². The molecule has 3 aromatic rings. The van der Waals surface area contributed by atoms with Crippen molar-refractivity contribution in [2.75, 3.05) is 12.3 Å². The molecule has 3 aromatic carbocycles. The van der Waals surface area contributed by atoms with E-state index in [1.54, 1.807) is 34.9 Å². The summed E-state index contributed by atoms with van der Waals surface area (Å²) in [5.41, 5.74) is 5.19. The standard InChI is InChI=1S/C31H36Cl2N2O2S/c1-21(2)17-34-31(37)29(16-24-9-6-5-7-10-24)35(18-26-27(32)11-8-12-28(26)33)30(36)20-38-19-25-14-22(3)13-23(4)15-25/h5-15,21,29H,16-20H2,1-4H3,(H,34,37)/t29-/m0/s1. The maximum absolute atomic E-state index is 13.8. The summed E-state index contributed by atoms with van der Waals surface area (Å²) in [6, 6.07) is 20.8. The van der Waals surface area contributed by atoms with Crippen molar-refractivity contribution in [1.82, 2.24) is 10.2 Å². The molecule has 38 heavy (non-hydrogen) atoms. The Hall–Kier alpha value is -2.47. The lowest BCUT2D eigenvalue weighted by atomic mass is 10.0. The molecular weight excluding hydrogens is 535 g/mol. The Morgan fingerprint density at radius 2 is 1.53 bits per heavy atom. The summed E-state index contributed by atoms with van der Waals surface area (Å²) >= 11 is 14.6. The van der Waals surface area contributed by atoms with Crippen molar-refractivity contribution >= 4 is 46.8 Å². The van der Waals surface area contributed by atoms with Gasteiger partial charge in [-0.2, -0.15) is 0 Å². The van der Waals surface area contributed by atoms with Crippen LogP contribution in [0.3, 0.4) is 0 Å². The summed E-state index contributed by atoms with van der Waals surface area (Å²) in [4.78, 5) is 29.0. The van der Waals surface area contributed by atoms with Crippen LogP contribution in [0.1, 0.15) is 41.7 Å². The van der Waals surface area contributed by atoms with Gasteiger partial charge >= 0.3 is 0 Å².